The zero-order valence-electron chi connectivity index (χ0n) is 25.1. The third-order valence-corrected chi connectivity index (χ3v) is 7.18. The van der Waals surface area contributed by atoms with E-state index in [1.54, 1.807) is 19.1 Å². The van der Waals surface area contributed by atoms with Gasteiger partial charge in [0, 0.05) is 18.2 Å². The fourth-order valence-electron chi connectivity index (χ4n) is 4.98. The summed E-state index contributed by atoms with van der Waals surface area (Å²) in [5, 5.41) is 12.5. The number of amides is 1. The van der Waals surface area contributed by atoms with Crippen LogP contribution in [0, 0.1) is 5.41 Å². The van der Waals surface area contributed by atoms with Gasteiger partial charge in [-0.1, -0.05) is 69.2 Å². The van der Waals surface area contributed by atoms with E-state index in [0.717, 1.165) is 17.6 Å². The third kappa shape index (κ3) is 9.82. The lowest BCUT2D eigenvalue weighted by atomic mass is 9.72. The highest BCUT2D eigenvalue weighted by atomic mass is 16.5. The molecule has 216 valence electrons. The fourth-order valence-corrected chi connectivity index (χ4v) is 4.98. The number of carbonyl (C=O) groups excluding carboxylic acids is 2. The Balaban J connectivity index is 2.15. The lowest BCUT2D eigenvalue weighted by Crippen LogP contribution is -2.19. The Bertz CT molecular complexity index is 1240. The van der Waals surface area contributed by atoms with Crippen LogP contribution in [-0.4, -0.2) is 23.0 Å². The summed E-state index contributed by atoms with van der Waals surface area (Å²) in [6.07, 6.45) is 16.4. The number of benzene rings is 1. The van der Waals surface area contributed by atoms with Crippen LogP contribution in [0.15, 0.2) is 76.9 Å². The Morgan fingerprint density at radius 3 is 2.48 bits per heavy atom. The van der Waals surface area contributed by atoms with Crippen LogP contribution in [0.5, 0.6) is 5.75 Å². The van der Waals surface area contributed by atoms with Crippen molar-refractivity contribution >= 4 is 23.5 Å². The molecule has 2 N–H and O–H groups in total. The van der Waals surface area contributed by atoms with E-state index in [1.807, 2.05) is 32.1 Å². The molecule has 0 spiro atoms. The van der Waals surface area contributed by atoms with Crippen LogP contribution < -0.4 is 10.1 Å². The highest BCUT2D eigenvalue weighted by Gasteiger charge is 2.26. The molecule has 0 fully saturated rings. The number of carboxylic acid groups (broad SMARTS) is 1. The van der Waals surface area contributed by atoms with Gasteiger partial charge in [-0.2, -0.15) is 0 Å². The summed E-state index contributed by atoms with van der Waals surface area (Å²) in [4.78, 5) is 36.6. The first-order chi connectivity index (χ1) is 18.9. The minimum Gasteiger partial charge on any atom is -0.481 e. The topological polar surface area (TPSA) is 92.7 Å². The number of hydrogen-bond acceptors (Lipinski definition) is 4. The number of anilines is 1. The Kier molecular flexibility index (Phi) is 12.4. The van der Waals surface area contributed by atoms with Gasteiger partial charge in [0.05, 0.1) is 5.92 Å². The van der Waals surface area contributed by atoms with E-state index in [4.69, 9.17) is 4.74 Å². The summed E-state index contributed by atoms with van der Waals surface area (Å²) in [6.45, 7) is 14.3. The van der Waals surface area contributed by atoms with Gasteiger partial charge in [0.15, 0.2) is 0 Å². The molecule has 6 heteroatoms. The summed E-state index contributed by atoms with van der Waals surface area (Å²) in [6, 6.07) is 4.66. The molecule has 2 rings (SSSR count). The lowest BCUT2D eigenvalue weighted by molar-refractivity contribution is -0.139. The van der Waals surface area contributed by atoms with Gasteiger partial charge >= 0.3 is 11.9 Å². The number of esters is 1. The standard InChI is InChI=1S/C34H45NO5/c1-8-12-32(37)40-26-17-19-30(28(22-26)27(9-2)33(38)39)35-31(36)21-24(4)14-10-13-23(3)16-18-29-25(5)15-11-20-34(29,6)7/h10,13-14,16-19,21-22,27H,8-9,11-12,15,20H2,1-7H3,(H,35,36)(H,38,39). The molecule has 0 bridgehead atoms. The van der Waals surface area contributed by atoms with Gasteiger partial charge in [-0.05, 0) is 93.2 Å². The molecule has 1 aromatic carbocycles. The Labute approximate surface area is 239 Å². The normalized spacial score (nSPS) is 16.9. The van der Waals surface area contributed by atoms with Crippen LogP contribution in [0.2, 0.25) is 0 Å². The molecule has 0 radical (unpaired) electrons. The quantitative estimate of drug-likeness (QED) is 0.119. The summed E-state index contributed by atoms with van der Waals surface area (Å²) in [5.74, 6) is -2.37. The predicted octanol–water partition coefficient (Wildman–Crippen LogP) is 8.44. The molecule has 0 saturated heterocycles. The van der Waals surface area contributed by atoms with Crippen molar-refractivity contribution in [3.63, 3.8) is 0 Å². The average Bonchev–Trinajstić information content (AvgIpc) is 2.85. The zero-order valence-corrected chi connectivity index (χ0v) is 25.1. The van der Waals surface area contributed by atoms with Crippen molar-refractivity contribution in [1.82, 2.24) is 0 Å². The number of carbonyl (C=O) groups is 3. The molecule has 1 aliphatic rings. The van der Waals surface area contributed by atoms with Gasteiger partial charge in [-0.15, -0.1) is 0 Å². The summed E-state index contributed by atoms with van der Waals surface area (Å²) in [7, 11) is 0. The number of allylic oxidation sites excluding steroid dienone is 9. The maximum Gasteiger partial charge on any atom is 0.311 e. The van der Waals surface area contributed by atoms with E-state index in [0.29, 0.717) is 24.1 Å². The molecule has 1 aromatic rings. The van der Waals surface area contributed by atoms with Gasteiger partial charge in [-0.25, -0.2) is 0 Å². The number of aliphatic carboxylic acids is 1. The van der Waals surface area contributed by atoms with Crippen LogP contribution in [0.3, 0.4) is 0 Å². The molecule has 0 saturated carbocycles. The molecule has 0 aromatic heterocycles. The Morgan fingerprint density at radius 1 is 1.12 bits per heavy atom. The number of ether oxygens (including phenoxy) is 1. The first-order valence-electron chi connectivity index (χ1n) is 14.2. The lowest BCUT2D eigenvalue weighted by Gasteiger charge is -2.32. The van der Waals surface area contributed by atoms with Crippen LogP contribution in [-0.2, 0) is 14.4 Å². The van der Waals surface area contributed by atoms with Crippen molar-refractivity contribution in [2.45, 2.75) is 92.9 Å². The second-order valence-corrected chi connectivity index (χ2v) is 11.2. The van der Waals surface area contributed by atoms with E-state index in [9.17, 15) is 19.5 Å². The monoisotopic (exact) mass is 547 g/mol. The van der Waals surface area contributed by atoms with E-state index in [-0.39, 0.29) is 29.5 Å². The van der Waals surface area contributed by atoms with Crippen molar-refractivity contribution in [2.24, 2.45) is 5.41 Å². The maximum atomic E-state index is 12.8. The van der Waals surface area contributed by atoms with E-state index in [2.05, 4.69) is 45.2 Å². The molecule has 1 atom stereocenters. The largest absolute Gasteiger partial charge is 0.481 e. The number of nitrogens with one attached hydrogen (secondary N) is 1. The third-order valence-electron chi connectivity index (χ3n) is 7.18. The molecular weight excluding hydrogens is 502 g/mol. The maximum absolute atomic E-state index is 12.8. The van der Waals surface area contributed by atoms with Crippen LogP contribution in [0.1, 0.15) is 98.5 Å². The smallest absolute Gasteiger partial charge is 0.311 e. The van der Waals surface area contributed by atoms with Crippen molar-refractivity contribution < 1.29 is 24.2 Å². The highest BCUT2D eigenvalue weighted by molar-refractivity contribution is 6.01. The molecule has 1 aliphatic carbocycles. The first-order valence-corrected chi connectivity index (χ1v) is 14.2. The first kappa shape index (κ1) is 32.5. The Morgan fingerprint density at radius 2 is 1.85 bits per heavy atom. The molecule has 0 heterocycles. The SMILES string of the molecule is CCCC(=O)Oc1ccc(NC(=O)C=C(C)C=CC=C(C)C=CC2=C(C)CCCC2(C)C)c(C(CC)C(=O)O)c1. The number of rotatable bonds is 12. The summed E-state index contributed by atoms with van der Waals surface area (Å²) < 4.78 is 5.35. The number of carboxylic acids is 1. The molecule has 40 heavy (non-hydrogen) atoms. The molecule has 6 nitrogen and oxygen atoms in total. The van der Waals surface area contributed by atoms with Crippen LogP contribution in [0.4, 0.5) is 5.69 Å². The van der Waals surface area contributed by atoms with Gasteiger partial charge in [0.1, 0.15) is 5.75 Å². The van der Waals surface area contributed by atoms with Gasteiger partial charge in [-0.3, -0.25) is 14.4 Å². The molecular formula is C34H45NO5. The minimum absolute atomic E-state index is 0.197. The van der Waals surface area contributed by atoms with Crippen molar-refractivity contribution in [1.29, 1.82) is 0 Å². The van der Waals surface area contributed by atoms with E-state index >= 15 is 0 Å². The van der Waals surface area contributed by atoms with Crippen molar-refractivity contribution in [3.8, 4) is 5.75 Å². The van der Waals surface area contributed by atoms with Gasteiger partial charge in [0.25, 0.3) is 0 Å². The fraction of sp³-hybridized carbons (Fsp3) is 0.441. The van der Waals surface area contributed by atoms with Crippen molar-refractivity contribution in [2.75, 3.05) is 5.32 Å². The van der Waals surface area contributed by atoms with Crippen LogP contribution in [0.25, 0.3) is 0 Å². The average molecular weight is 548 g/mol. The van der Waals surface area contributed by atoms with E-state index < -0.39 is 11.9 Å². The predicted molar refractivity (Wildman–Crippen MR) is 162 cm³/mol. The Hall–Kier alpha value is -3.67. The second-order valence-electron chi connectivity index (χ2n) is 11.2. The molecule has 1 amide bonds. The second kappa shape index (κ2) is 15.2. The summed E-state index contributed by atoms with van der Waals surface area (Å²) >= 11 is 0. The summed E-state index contributed by atoms with van der Waals surface area (Å²) in [5.41, 5.74) is 5.70. The number of hydrogen-bond donors (Lipinski definition) is 2. The molecule has 0 aliphatic heterocycles. The van der Waals surface area contributed by atoms with Crippen molar-refractivity contribution in [3.05, 3.63) is 82.5 Å². The van der Waals surface area contributed by atoms with E-state index in [1.165, 1.54) is 36.1 Å². The van der Waals surface area contributed by atoms with Crippen LogP contribution >= 0.6 is 0 Å². The highest BCUT2D eigenvalue weighted by Crippen LogP contribution is 2.40. The van der Waals surface area contributed by atoms with Gasteiger partial charge in [0.2, 0.25) is 5.91 Å². The molecule has 1 unspecified atom stereocenters. The zero-order chi connectivity index (χ0) is 29.9. The minimum atomic E-state index is -1.01. The van der Waals surface area contributed by atoms with Gasteiger partial charge < -0.3 is 15.2 Å².